The van der Waals surface area contributed by atoms with Crippen molar-refractivity contribution in [3.8, 4) is 0 Å². The predicted octanol–water partition coefficient (Wildman–Crippen LogP) is 2.19. The Bertz CT molecular complexity index is 463. The molecule has 1 aliphatic heterocycles. The van der Waals surface area contributed by atoms with Crippen molar-refractivity contribution in [3.05, 3.63) is 0 Å². The van der Waals surface area contributed by atoms with E-state index in [1.165, 1.54) is 32.1 Å². The molecule has 1 aromatic heterocycles. The quantitative estimate of drug-likeness (QED) is 0.881. The van der Waals surface area contributed by atoms with Gasteiger partial charge in [0.2, 0.25) is 17.8 Å². The van der Waals surface area contributed by atoms with Crippen LogP contribution in [0.3, 0.4) is 0 Å². The van der Waals surface area contributed by atoms with Gasteiger partial charge in [-0.1, -0.05) is 19.3 Å². The molecular weight excluding hydrogens is 252 g/mol. The summed E-state index contributed by atoms with van der Waals surface area (Å²) in [7, 11) is 0. The molecular formula is C14H24N6. The van der Waals surface area contributed by atoms with Crippen LogP contribution in [0, 0.1) is 0 Å². The van der Waals surface area contributed by atoms with Gasteiger partial charge in [-0.05, 0) is 32.6 Å². The van der Waals surface area contributed by atoms with Crippen LogP contribution in [0.15, 0.2) is 0 Å². The molecule has 6 heteroatoms. The Balaban J connectivity index is 1.78. The third-order valence-electron chi connectivity index (χ3n) is 4.40. The average molecular weight is 276 g/mol. The highest BCUT2D eigenvalue weighted by Gasteiger charge is 2.28. The third-order valence-corrected chi connectivity index (χ3v) is 4.40. The minimum absolute atomic E-state index is 0.0916. The van der Waals surface area contributed by atoms with E-state index in [-0.39, 0.29) is 5.54 Å². The minimum Gasteiger partial charge on any atom is -0.368 e. The van der Waals surface area contributed by atoms with Crippen molar-refractivity contribution in [2.45, 2.75) is 57.4 Å². The van der Waals surface area contributed by atoms with Crippen molar-refractivity contribution in [1.82, 2.24) is 15.0 Å². The molecule has 1 saturated heterocycles. The summed E-state index contributed by atoms with van der Waals surface area (Å²) >= 11 is 0. The van der Waals surface area contributed by atoms with E-state index in [9.17, 15) is 0 Å². The van der Waals surface area contributed by atoms with Gasteiger partial charge >= 0.3 is 0 Å². The van der Waals surface area contributed by atoms with E-state index in [2.05, 4.69) is 32.1 Å². The van der Waals surface area contributed by atoms with Crippen LogP contribution in [0.1, 0.15) is 51.9 Å². The number of anilines is 3. The molecule has 0 aromatic carbocycles. The number of nitrogens with zero attached hydrogens (tertiary/aromatic N) is 4. The Morgan fingerprint density at radius 2 is 1.70 bits per heavy atom. The maximum absolute atomic E-state index is 5.85. The predicted molar refractivity (Wildman–Crippen MR) is 80.8 cm³/mol. The highest BCUT2D eigenvalue weighted by atomic mass is 15.3. The summed E-state index contributed by atoms with van der Waals surface area (Å²) < 4.78 is 0. The Morgan fingerprint density at radius 3 is 2.40 bits per heavy atom. The third kappa shape index (κ3) is 2.94. The van der Waals surface area contributed by atoms with E-state index < -0.39 is 0 Å². The summed E-state index contributed by atoms with van der Waals surface area (Å²) in [6, 6.07) is 0. The smallest absolute Gasteiger partial charge is 0.231 e. The molecule has 0 bridgehead atoms. The topological polar surface area (TPSA) is 80.0 Å². The van der Waals surface area contributed by atoms with Gasteiger partial charge in [-0.3, -0.25) is 0 Å². The zero-order valence-corrected chi connectivity index (χ0v) is 12.2. The fourth-order valence-corrected chi connectivity index (χ4v) is 3.22. The highest BCUT2D eigenvalue weighted by molar-refractivity contribution is 5.43. The van der Waals surface area contributed by atoms with Gasteiger partial charge in [0.15, 0.2) is 0 Å². The van der Waals surface area contributed by atoms with Gasteiger partial charge in [-0.2, -0.15) is 15.0 Å². The number of nitrogens with one attached hydrogen (secondary N) is 1. The molecule has 1 aliphatic carbocycles. The Hall–Kier alpha value is -1.59. The van der Waals surface area contributed by atoms with E-state index in [1.54, 1.807) is 0 Å². The van der Waals surface area contributed by atoms with E-state index in [0.717, 1.165) is 31.9 Å². The van der Waals surface area contributed by atoms with Crippen LogP contribution < -0.4 is 16.0 Å². The number of aromatic nitrogens is 3. The second-order valence-corrected chi connectivity index (χ2v) is 6.26. The zero-order chi connectivity index (χ0) is 14.0. The van der Waals surface area contributed by atoms with E-state index >= 15 is 0 Å². The summed E-state index contributed by atoms with van der Waals surface area (Å²) in [6.07, 6.45) is 8.59. The van der Waals surface area contributed by atoms with Crippen molar-refractivity contribution < 1.29 is 0 Å². The maximum Gasteiger partial charge on any atom is 0.231 e. The lowest BCUT2D eigenvalue weighted by Gasteiger charge is -2.34. The van der Waals surface area contributed by atoms with Crippen LogP contribution in [0.2, 0.25) is 0 Å². The first-order chi connectivity index (χ1) is 9.65. The fraction of sp³-hybridized carbons (Fsp3) is 0.786. The molecule has 0 radical (unpaired) electrons. The van der Waals surface area contributed by atoms with Gasteiger partial charge in [-0.15, -0.1) is 0 Å². The number of rotatable bonds is 3. The molecule has 0 unspecified atom stereocenters. The van der Waals surface area contributed by atoms with Crippen LogP contribution >= 0.6 is 0 Å². The Labute approximate surface area is 120 Å². The molecule has 0 atom stereocenters. The van der Waals surface area contributed by atoms with Gasteiger partial charge in [-0.25, -0.2) is 0 Å². The highest BCUT2D eigenvalue weighted by Crippen LogP contribution is 2.30. The van der Waals surface area contributed by atoms with Crippen LogP contribution in [0.25, 0.3) is 0 Å². The molecule has 3 rings (SSSR count). The standard InChI is InChI=1S/C14H24N6/c1-14(7-3-2-4-8-14)19-12-16-11(15)17-13(18-12)20-9-5-6-10-20/h2-10H2,1H3,(H3,15,16,17,18,19). The molecule has 20 heavy (non-hydrogen) atoms. The molecule has 1 aromatic rings. The van der Waals surface area contributed by atoms with Crippen LogP contribution in [-0.2, 0) is 0 Å². The molecule has 1 saturated carbocycles. The molecule has 2 heterocycles. The summed E-state index contributed by atoms with van der Waals surface area (Å²) in [4.78, 5) is 15.3. The summed E-state index contributed by atoms with van der Waals surface area (Å²) in [5.74, 6) is 1.66. The monoisotopic (exact) mass is 276 g/mol. The first kappa shape index (κ1) is 13.4. The minimum atomic E-state index is 0.0916. The summed E-state index contributed by atoms with van der Waals surface area (Å²) in [5.41, 5.74) is 5.94. The van der Waals surface area contributed by atoms with Crippen molar-refractivity contribution in [2.24, 2.45) is 0 Å². The average Bonchev–Trinajstić information content (AvgIpc) is 2.92. The Kier molecular flexibility index (Phi) is 3.63. The SMILES string of the molecule is CC1(Nc2nc(N)nc(N3CCCC3)n2)CCCCC1. The second kappa shape index (κ2) is 5.42. The van der Waals surface area contributed by atoms with Crippen LogP contribution in [0.5, 0.6) is 0 Å². The van der Waals surface area contributed by atoms with E-state index in [0.29, 0.717) is 11.9 Å². The lowest BCUT2D eigenvalue weighted by molar-refractivity contribution is 0.347. The molecule has 0 amide bonds. The van der Waals surface area contributed by atoms with Gasteiger partial charge in [0.05, 0.1) is 0 Å². The lowest BCUT2D eigenvalue weighted by atomic mass is 9.83. The zero-order valence-electron chi connectivity index (χ0n) is 12.2. The molecule has 2 aliphatic rings. The molecule has 2 fully saturated rings. The lowest BCUT2D eigenvalue weighted by Crippen LogP contribution is -2.37. The number of hydrogen-bond donors (Lipinski definition) is 2. The summed E-state index contributed by atoms with van der Waals surface area (Å²) in [6.45, 7) is 4.28. The second-order valence-electron chi connectivity index (χ2n) is 6.26. The molecule has 0 spiro atoms. The number of hydrogen-bond acceptors (Lipinski definition) is 6. The summed E-state index contributed by atoms with van der Waals surface area (Å²) in [5, 5.41) is 3.49. The largest absolute Gasteiger partial charge is 0.368 e. The molecule has 3 N–H and O–H groups in total. The fourth-order valence-electron chi connectivity index (χ4n) is 3.22. The van der Waals surface area contributed by atoms with Gasteiger partial charge in [0, 0.05) is 18.6 Å². The van der Waals surface area contributed by atoms with Gasteiger partial charge in [0.25, 0.3) is 0 Å². The van der Waals surface area contributed by atoms with Crippen LogP contribution in [-0.4, -0.2) is 33.6 Å². The first-order valence-electron chi connectivity index (χ1n) is 7.69. The van der Waals surface area contributed by atoms with Crippen molar-refractivity contribution in [1.29, 1.82) is 0 Å². The van der Waals surface area contributed by atoms with Crippen molar-refractivity contribution >= 4 is 17.8 Å². The number of nitrogen functional groups attached to an aromatic ring is 1. The molecule has 110 valence electrons. The first-order valence-corrected chi connectivity index (χ1v) is 7.69. The normalized spacial score (nSPS) is 21.9. The molecule has 6 nitrogen and oxygen atoms in total. The van der Waals surface area contributed by atoms with Crippen molar-refractivity contribution in [3.63, 3.8) is 0 Å². The van der Waals surface area contributed by atoms with E-state index in [4.69, 9.17) is 5.73 Å². The Morgan fingerprint density at radius 1 is 1.00 bits per heavy atom. The van der Waals surface area contributed by atoms with E-state index in [1.807, 2.05) is 0 Å². The van der Waals surface area contributed by atoms with Crippen molar-refractivity contribution in [2.75, 3.05) is 29.0 Å². The van der Waals surface area contributed by atoms with Gasteiger partial charge < -0.3 is 16.0 Å². The number of nitrogens with two attached hydrogens (primary N) is 1. The maximum atomic E-state index is 5.85. The van der Waals surface area contributed by atoms with Crippen LogP contribution in [0.4, 0.5) is 17.8 Å². The van der Waals surface area contributed by atoms with Gasteiger partial charge in [0.1, 0.15) is 0 Å².